The molecule has 0 fully saturated rings. The Balaban J connectivity index is 1.40. The number of ether oxygens (including phenoxy) is 1. The maximum absolute atomic E-state index is 12.7. The van der Waals surface area contributed by atoms with E-state index in [9.17, 15) is 14.7 Å². The van der Waals surface area contributed by atoms with Gasteiger partial charge < -0.3 is 15.2 Å². The van der Waals surface area contributed by atoms with Gasteiger partial charge in [-0.25, -0.2) is 14.8 Å². The molecule has 2 N–H and O–H groups in total. The van der Waals surface area contributed by atoms with E-state index in [4.69, 9.17) is 4.74 Å². The van der Waals surface area contributed by atoms with Crippen molar-refractivity contribution in [1.82, 2.24) is 15.3 Å². The van der Waals surface area contributed by atoms with Gasteiger partial charge in [-0.3, -0.25) is 4.79 Å². The van der Waals surface area contributed by atoms with Crippen LogP contribution in [-0.4, -0.2) is 39.1 Å². The summed E-state index contributed by atoms with van der Waals surface area (Å²) in [6.07, 6.45) is 3.82. The van der Waals surface area contributed by atoms with E-state index in [-0.39, 0.29) is 17.9 Å². The molecule has 3 aromatic carbocycles. The van der Waals surface area contributed by atoms with Crippen molar-refractivity contribution in [3.8, 4) is 28.3 Å². The highest BCUT2D eigenvalue weighted by atomic mass is 16.5. The van der Waals surface area contributed by atoms with Crippen molar-refractivity contribution in [2.75, 3.05) is 0 Å². The maximum Gasteiger partial charge on any atom is 0.326 e. The summed E-state index contributed by atoms with van der Waals surface area (Å²) in [5, 5.41) is 12.4. The van der Waals surface area contributed by atoms with Crippen molar-refractivity contribution >= 4 is 11.9 Å². The summed E-state index contributed by atoms with van der Waals surface area (Å²) in [6, 6.07) is 21.4. The van der Waals surface area contributed by atoms with Gasteiger partial charge in [-0.2, -0.15) is 0 Å². The van der Waals surface area contributed by atoms with Crippen LogP contribution < -0.4 is 10.1 Å². The molecule has 4 aromatic rings. The van der Waals surface area contributed by atoms with Crippen LogP contribution in [0, 0.1) is 0 Å². The van der Waals surface area contributed by atoms with Crippen molar-refractivity contribution in [2.24, 2.45) is 0 Å². The van der Waals surface area contributed by atoms with Crippen LogP contribution in [0.5, 0.6) is 5.75 Å². The van der Waals surface area contributed by atoms with Gasteiger partial charge in [0.15, 0.2) is 5.82 Å². The van der Waals surface area contributed by atoms with Gasteiger partial charge in [0.25, 0.3) is 5.91 Å². The molecule has 1 heterocycles. The summed E-state index contributed by atoms with van der Waals surface area (Å²) in [4.78, 5) is 33.7. The molecule has 0 spiro atoms. The van der Waals surface area contributed by atoms with Crippen LogP contribution in [-0.2, 0) is 16.6 Å². The van der Waals surface area contributed by atoms with E-state index in [2.05, 4.69) is 36.1 Å². The lowest BCUT2D eigenvalue weighted by Gasteiger charge is -2.19. The predicted molar refractivity (Wildman–Crippen MR) is 156 cm³/mol. The quantitative estimate of drug-likeness (QED) is 0.259. The third-order valence-electron chi connectivity index (χ3n) is 6.48. The van der Waals surface area contributed by atoms with Crippen LogP contribution in [0.3, 0.4) is 0 Å². The van der Waals surface area contributed by atoms with Gasteiger partial charge in [0.05, 0.1) is 6.10 Å². The van der Waals surface area contributed by atoms with Crippen LogP contribution in [0.1, 0.15) is 56.1 Å². The fraction of sp³-hybridized carbons (Fsp3) is 0.273. The number of carboxylic acids is 1. The van der Waals surface area contributed by atoms with Crippen LogP contribution in [0.25, 0.3) is 22.5 Å². The Hall–Kier alpha value is -4.52. The van der Waals surface area contributed by atoms with E-state index in [1.165, 1.54) is 0 Å². The number of rotatable bonds is 9. The van der Waals surface area contributed by atoms with Gasteiger partial charge in [-0.15, -0.1) is 0 Å². The second kappa shape index (κ2) is 12.1. The molecule has 0 radical (unpaired) electrons. The van der Waals surface area contributed by atoms with Crippen molar-refractivity contribution in [3.05, 3.63) is 102 Å². The number of amides is 1. The molecule has 206 valence electrons. The van der Waals surface area contributed by atoms with E-state index in [0.717, 1.165) is 33.6 Å². The highest BCUT2D eigenvalue weighted by molar-refractivity contribution is 5.96. The Bertz CT molecular complexity index is 1440. The summed E-state index contributed by atoms with van der Waals surface area (Å²) in [7, 11) is 0. The predicted octanol–water partition coefficient (Wildman–Crippen LogP) is 6.32. The fourth-order valence-electron chi connectivity index (χ4n) is 4.21. The zero-order valence-electron chi connectivity index (χ0n) is 23.5. The molecule has 1 amide bonds. The average molecular weight is 538 g/mol. The van der Waals surface area contributed by atoms with Gasteiger partial charge in [0.1, 0.15) is 11.8 Å². The number of aromatic nitrogens is 2. The molecule has 0 saturated carbocycles. The van der Waals surface area contributed by atoms with Gasteiger partial charge in [0, 0.05) is 35.5 Å². The Morgan fingerprint density at radius 3 is 1.93 bits per heavy atom. The molecule has 4 rings (SSSR count). The summed E-state index contributed by atoms with van der Waals surface area (Å²) in [5.41, 5.74) is 4.96. The third kappa shape index (κ3) is 7.32. The van der Waals surface area contributed by atoms with E-state index < -0.39 is 17.9 Å². The molecular weight excluding hydrogens is 502 g/mol. The van der Waals surface area contributed by atoms with Gasteiger partial charge >= 0.3 is 5.97 Å². The second-order valence-electron chi connectivity index (χ2n) is 11.1. The Morgan fingerprint density at radius 1 is 0.825 bits per heavy atom. The molecule has 1 unspecified atom stereocenters. The number of carbonyl (C=O) groups excluding carboxylic acids is 1. The lowest BCUT2D eigenvalue weighted by atomic mass is 9.86. The number of benzene rings is 3. The first-order valence-corrected chi connectivity index (χ1v) is 13.3. The highest BCUT2D eigenvalue weighted by Gasteiger charge is 2.22. The smallest absolute Gasteiger partial charge is 0.326 e. The van der Waals surface area contributed by atoms with Crippen LogP contribution >= 0.6 is 0 Å². The van der Waals surface area contributed by atoms with Crippen LogP contribution in [0.15, 0.2) is 85.2 Å². The van der Waals surface area contributed by atoms with Crippen molar-refractivity contribution < 1.29 is 19.4 Å². The number of nitrogens with one attached hydrogen (secondary N) is 1. The zero-order chi connectivity index (χ0) is 28.9. The number of nitrogens with zero attached hydrogens (tertiary/aromatic N) is 2. The normalized spacial score (nSPS) is 12.2. The standard InChI is InChI=1S/C33H35N3O4/c1-21(2)40-28-16-12-23(13-17-28)26-19-34-30(35-20-26)24-8-6-22(7-9-24)18-29(32(38)39)36-31(37)25-10-14-27(15-11-25)33(3,4)5/h6-17,19-21,29H,18H2,1-5H3,(H,36,37)(H,38,39). The second-order valence-corrected chi connectivity index (χ2v) is 11.1. The number of carboxylic acid groups (broad SMARTS) is 1. The topological polar surface area (TPSA) is 101 Å². The molecule has 0 bridgehead atoms. The van der Waals surface area contributed by atoms with E-state index in [1.807, 2.05) is 74.5 Å². The van der Waals surface area contributed by atoms with Crippen molar-refractivity contribution in [1.29, 1.82) is 0 Å². The molecule has 1 aromatic heterocycles. The molecule has 0 aliphatic heterocycles. The molecule has 0 saturated heterocycles. The monoisotopic (exact) mass is 537 g/mol. The number of hydrogen-bond donors (Lipinski definition) is 2. The Morgan fingerprint density at radius 2 is 1.40 bits per heavy atom. The summed E-state index contributed by atoms with van der Waals surface area (Å²) < 4.78 is 5.70. The van der Waals surface area contributed by atoms with Crippen molar-refractivity contribution in [3.63, 3.8) is 0 Å². The minimum atomic E-state index is -1.09. The average Bonchev–Trinajstić information content (AvgIpc) is 2.93. The highest BCUT2D eigenvalue weighted by Crippen LogP contribution is 2.24. The Kier molecular flexibility index (Phi) is 8.63. The first kappa shape index (κ1) is 28.5. The summed E-state index contributed by atoms with van der Waals surface area (Å²) in [5.74, 6) is -0.126. The molecule has 40 heavy (non-hydrogen) atoms. The molecule has 0 aliphatic carbocycles. The van der Waals surface area contributed by atoms with Gasteiger partial charge in [0.2, 0.25) is 0 Å². The molecule has 0 aliphatic rings. The molecular formula is C33H35N3O4. The summed E-state index contributed by atoms with van der Waals surface area (Å²) in [6.45, 7) is 10.3. The largest absolute Gasteiger partial charge is 0.491 e. The molecule has 7 nitrogen and oxygen atoms in total. The van der Waals surface area contributed by atoms with Crippen molar-refractivity contribution in [2.45, 2.75) is 58.6 Å². The molecule has 1 atom stereocenters. The van der Waals surface area contributed by atoms with E-state index in [0.29, 0.717) is 11.4 Å². The van der Waals surface area contributed by atoms with Gasteiger partial charge in [-0.05, 0) is 60.2 Å². The third-order valence-corrected chi connectivity index (χ3v) is 6.48. The first-order valence-electron chi connectivity index (χ1n) is 13.3. The number of hydrogen-bond acceptors (Lipinski definition) is 5. The van der Waals surface area contributed by atoms with Crippen LogP contribution in [0.2, 0.25) is 0 Å². The Labute approximate surface area is 235 Å². The lowest BCUT2D eigenvalue weighted by molar-refractivity contribution is -0.139. The fourth-order valence-corrected chi connectivity index (χ4v) is 4.21. The number of aliphatic carboxylic acids is 1. The van der Waals surface area contributed by atoms with Crippen LogP contribution in [0.4, 0.5) is 0 Å². The SMILES string of the molecule is CC(C)Oc1ccc(-c2cnc(-c3ccc(CC(NC(=O)c4ccc(C(C)(C)C)cc4)C(=O)O)cc3)nc2)cc1. The minimum absolute atomic E-state index is 0.0347. The lowest BCUT2D eigenvalue weighted by Crippen LogP contribution is -2.42. The van der Waals surface area contributed by atoms with E-state index >= 15 is 0 Å². The number of carbonyl (C=O) groups is 2. The first-order chi connectivity index (χ1) is 19.0. The molecule has 7 heteroatoms. The van der Waals surface area contributed by atoms with E-state index in [1.54, 1.807) is 24.5 Å². The maximum atomic E-state index is 12.7. The summed E-state index contributed by atoms with van der Waals surface area (Å²) >= 11 is 0. The zero-order valence-corrected chi connectivity index (χ0v) is 23.5. The van der Waals surface area contributed by atoms with Gasteiger partial charge in [-0.1, -0.05) is 69.3 Å². The minimum Gasteiger partial charge on any atom is -0.491 e.